The van der Waals surface area contributed by atoms with E-state index in [0.29, 0.717) is 6.04 Å². The molecule has 4 heteroatoms. The maximum atomic E-state index is 5.72. The zero-order chi connectivity index (χ0) is 13.2. The summed E-state index contributed by atoms with van der Waals surface area (Å²) in [5.41, 5.74) is 1.13. The number of nitrogens with one attached hydrogen (secondary N) is 1. The number of ether oxygens (including phenoxy) is 1. The van der Waals surface area contributed by atoms with Crippen molar-refractivity contribution in [2.24, 2.45) is 0 Å². The highest BCUT2D eigenvalue weighted by Crippen LogP contribution is 2.22. The molecule has 0 saturated carbocycles. The van der Waals surface area contributed by atoms with E-state index in [2.05, 4.69) is 48.1 Å². The minimum absolute atomic E-state index is 0.0864. The maximum Gasteiger partial charge on any atom is 0.128 e. The van der Waals surface area contributed by atoms with Gasteiger partial charge in [-0.2, -0.15) is 0 Å². The van der Waals surface area contributed by atoms with Gasteiger partial charge in [0.15, 0.2) is 0 Å². The second-order valence-electron chi connectivity index (χ2n) is 5.49. The normalized spacial score (nSPS) is 20.8. The van der Waals surface area contributed by atoms with Crippen LogP contribution in [0.4, 0.5) is 5.82 Å². The lowest BCUT2D eigenvalue weighted by molar-refractivity contribution is -0.0279. The van der Waals surface area contributed by atoms with Crippen LogP contribution in [0.3, 0.4) is 0 Å². The van der Waals surface area contributed by atoms with Gasteiger partial charge >= 0.3 is 0 Å². The summed E-state index contributed by atoms with van der Waals surface area (Å²) < 4.78 is 5.72. The van der Waals surface area contributed by atoms with Crippen molar-refractivity contribution in [1.82, 2.24) is 10.3 Å². The molecule has 1 unspecified atom stereocenters. The van der Waals surface area contributed by atoms with Crippen LogP contribution in [-0.4, -0.2) is 37.3 Å². The minimum atomic E-state index is -0.0864. The highest BCUT2D eigenvalue weighted by molar-refractivity contribution is 5.40. The van der Waals surface area contributed by atoms with Crippen molar-refractivity contribution in [2.45, 2.75) is 32.4 Å². The zero-order valence-corrected chi connectivity index (χ0v) is 11.7. The molecule has 1 aliphatic rings. The van der Waals surface area contributed by atoms with Gasteiger partial charge in [-0.3, -0.25) is 0 Å². The summed E-state index contributed by atoms with van der Waals surface area (Å²) in [7, 11) is 1.96. The first-order valence-corrected chi connectivity index (χ1v) is 6.54. The Morgan fingerprint density at radius 1 is 1.44 bits per heavy atom. The molecule has 0 aliphatic carbocycles. The van der Waals surface area contributed by atoms with Crippen LogP contribution in [0.1, 0.15) is 32.4 Å². The Bertz CT molecular complexity index is 389. The Hall–Kier alpha value is -1.13. The highest BCUT2D eigenvalue weighted by Gasteiger charge is 2.27. The first kappa shape index (κ1) is 13.3. The lowest BCUT2D eigenvalue weighted by Crippen LogP contribution is -2.48. The van der Waals surface area contributed by atoms with E-state index in [1.807, 2.05) is 13.2 Å². The molecule has 1 aromatic rings. The molecule has 0 amide bonds. The van der Waals surface area contributed by atoms with Crippen molar-refractivity contribution in [3.8, 4) is 0 Å². The summed E-state index contributed by atoms with van der Waals surface area (Å²) in [6, 6.07) is 4.59. The van der Waals surface area contributed by atoms with Gasteiger partial charge in [0.05, 0.1) is 12.2 Å². The number of pyridine rings is 1. The smallest absolute Gasteiger partial charge is 0.128 e. The lowest BCUT2D eigenvalue weighted by atomic mass is 10.1. The quantitative estimate of drug-likeness (QED) is 0.889. The summed E-state index contributed by atoms with van der Waals surface area (Å²) in [5.74, 6) is 1.04. The average molecular weight is 249 g/mol. The predicted octanol–water partition coefficient (Wildman–Crippen LogP) is 1.98. The number of rotatable bonds is 3. The van der Waals surface area contributed by atoms with Gasteiger partial charge in [0.25, 0.3) is 0 Å². The molecule has 0 aromatic carbocycles. The van der Waals surface area contributed by atoms with E-state index in [9.17, 15) is 0 Å². The second-order valence-corrected chi connectivity index (χ2v) is 5.49. The molecule has 1 N–H and O–H groups in total. The average Bonchev–Trinajstić information content (AvgIpc) is 2.37. The predicted molar refractivity (Wildman–Crippen MR) is 74.0 cm³/mol. The lowest BCUT2D eigenvalue weighted by Gasteiger charge is -2.38. The Balaban J connectivity index is 2.09. The number of aromatic nitrogens is 1. The fourth-order valence-electron chi connectivity index (χ4n) is 2.22. The maximum absolute atomic E-state index is 5.72. The molecule has 0 radical (unpaired) electrons. The number of hydrogen-bond donors (Lipinski definition) is 1. The van der Waals surface area contributed by atoms with Gasteiger partial charge in [-0.15, -0.1) is 0 Å². The van der Waals surface area contributed by atoms with Crippen LogP contribution in [-0.2, 0) is 4.74 Å². The van der Waals surface area contributed by atoms with Crippen LogP contribution >= 0.6 is 0 Å². The highest BCUT2D eigenvalue weighted by atomic mass is 16.5. The fraction of sp³-hybridized carbons (Fsp3) is 0.643. The third-order valence-electron chi connectivity index (χ3n) is 3.45. The number of hydrogen-bond acceptors (Lipinski definition) is 4. The topological polar surface area (TPSA) is 37.4 Å². The largest absolute Gasteiger partial charge is 0.372 e. The number of morpholine rings is 1. The molecule has 1 fully saturated rings. The van der Waals surface area contributed by atoms with Gasteiger partial charge in [-0.05, 0) is 39.4 Å². The molecule has 2 rings (SSSR count). The van der Waals surface area contributed by atoms with Gasteiger partial charge in [-0.25, -0.2) is 4.98 Å². The molecule has 2 heterocycles. The summed E-state index contributed by atoms with van der Waals surface area (Å²) in [6.07, 6.45) is 1.96. The van der Waals surface area contributed by atoms with Crippen molar-refractivity contribution in [3.63, 3.8) is 0 Å². The van der Waals surface area contributed by atoms with Crippen molar-refractivity contribution >= 4 is 5.82 Å². The van der Waals surface area contributed by atoms with E-state index in [0.717, 1.165) is 25.5 Å². The molecule has 100 valence electrons. The Labute approximate surface area is 109 Å². The molecule has 1 aliphatic heterocycles. The van der Waals surface area contributed by atoms with Crippen LogP contribution in [0.2, 0.25) is 0 Å². The standard InChI is InChI=1S/C14H23N3O/c1-11(15-4)12-5-6-13(16-9-12)17-7-8-18-14(2,3)10-17/h5-6,9,11,15H,7-8,10H2,1-4H3. The summed E-state index contributed by atoms with van der Waals surface area (Å²) >= 11 is 0. The second kappa shape index (κ2) is 5.24. The van der Waals surface area contributed by atoms with Crippen LogP contribution in [0.5, 0.6) is 0 Å². The monoisotopic (exact) mass is 249 g/mol. The fourth-order valence-corrected chi connectivity index (χ4v) is 2.22. The van der Waals surface area contributed by atoms with Crippen LogP contribution in [0, 0.1) is 0 Å². The van der Waals surface area contributed by atoms with Crippen LogP contribution in [0.15, 0.2) is 18.3 Å². The summed E-state index contributed by atoms with van der Waals surface area (Å²) in [6.45, 7) is 8.95. The third-order valence-corrected chi connectivity index (χ3v) is 3.45. The summed E-state index contributed by atoms with van der Waals surface area (Å²) in [4.78, 5) is 6.86. The number of nitrogens with zero attached hydrogens (tertiary/aromatic N) is 2. The van der Waals surface area contributed by atoms with Gasteiger partial charge in [-0.1, -0.05) is 6.07 Å². The zero-order valence-electron chi connectivity index (χ0n) is 11.7. The third kappa shape index (κ3) is 3.00. The van der Waals surface area contributed by atoms with Crippen molar-refractivity contribution in [2.75, 3.05) is 31.6 Å². The minimum Gasteiger partial charge on any atom is -0.372 e. The Morgan fingerprint density at radius 2 is 2.22 bits per heavy atom. The van der Waals surface area contributed by atoms with E-state index in [4.69, 9.17) is 4.74 Å². The molecule has 0 spiro atoms. The van der Waals surface area contributed by atoms with Crippen LogP contribution in [0.25, 0.3) is 0 Å². The van der Waals surface area contributed by atoms with E-state index in [1.165, 1.54) is 5.56 Å². The summed E-state index contributed by atoms with van der Waals surface area (Å²) in [5, 5.41) is 3.22. The van der Waals surface area contributed by atoms with Gasteiger partial charge in [0.2, 0.25) is 0 Å². The Kier molecular flexibility index (Phi) is 3.88. The number of anilines is 1. The van der Waals surface area contributed by atoms with Crippen molar-refractivity contribution in [3.05, 3.63) is 23.9 Å². The van der Waals surface area contributed by atoms with E-state index >= 15 is 0 Å². The molecule has 1 saturated heterocycles. The van der Waals surface area contributed by atoms with Crippen molar-refractivity contribution < 1.29 is 4.74 Å². The molecular formula is C14H23N3O. The van der Waals surface area contributed by atoms with Gasteiger partial charge in [0, 0.05) is 25.3 Å². The SMILES string of the molecule is CNC(C)c1ccc(N2CCOC(C)(C)C2)nc1. The van der Waals surface area contributed by atoms with Gasteiger partial charge in [0.1, 0.15) is 5.82 Å². The Morgan fingerprint density at radius 3 is 2.78 bits per heavy atom. The van der Waals surface area contributed by atoms with Crippen molar-refractivity contribution in [1.29, 1.82) is 0 Å². The molecule has 1 atom stereocenters. The van der Waals surface area contributed by atoms with E-state index in [-0.39, 0.29) is 5.60 Å². The van der Waals surface area contributed by atoms with E-state index in [1.54, 1.807) is 0 Å². The molecule has 1 aromatic heterocycles. The first-order chi connectivity index (χ1) is 8.52. The molecule has 0 bridgehead atoms. The first-order valence-electron chi connectivity index (χ1n) is 6.54. The molecule has 4 nitrogen and oxygen atoms in total. The van der Waals surface area contributed by atoms with E-state index < -0.39 is 0 Å². The van der Waals surface area contributed by atoms with Crippen LogP contribution < -0.4 is 10.2 Å². The molecule has 18 heavy (non-hydrogen) atoms. The van der Waals surface area contributed by atoms with Gasteiger partial charge < -0.3 is 15.0 Å². The molecular weight excluding hydrogens is 226 g/mol.